The number of halogens is 1. The molecule has 0 bridgehead atoms. The molecule has 0 amide bonds. The summed E-state index contributed by atoms with van der Waals surface area (Å²) < 4.78 is 7.14. The first-order valence-corrected chi connectivity index (χ1v) is 12.3. The van der Waals surface area contributed by atoms with Gasteiger partial charge in [-0.05, 0) is 89.2 Å². The van der Waals surface area contributed by atoms with Crippen molar-refractivity contribution in [2.24, 2.45) is 0 Å². The number of rotatable bonds is 5. The van der Waals surface area contributed by atoms with E-state index in [1.807, 2.05) is 67.7 Å². The Labute approximate surface area is 205 Å². The lowest BCUT2D eigenvalue weighted by Crippen LogP contribution is -2.28. The molecule has 2 aromatic heterocycles. The maximum atomic E-state index is 6.08. The molecule has 1 N–H and O–H groups in total. The van der Waals surface area contributed by atoms with Gasteiger partial charge in [0.2, 0.25) is 0 Å². The summed E-state index contributed by atoms with van der Waals surface area (Å²) in [5.74, 6) is 1.65. The highest BCUT2D eigenvalue weighted by Gasteiger charge is 2.41. The Morgan fingerprint density at radius 2 is 1.84 bits per heavy atom. The number of nitrogens with one attached hydrogen (secondary N) is 1. The fraction of sp³-hybridized carbons (Fsp3) is 0.120. The second-order valence-electron chi connectivity index (χ2n) is 7.53. The van der Waals surface area contributed by atoms with Gasteiger partial charge in [0, 0.05) is 26.6 Å². The molecular formula is C25H20BrN3OS2. The molecule has 0 spiro atoms. The average Bonchev–Trinajstić information content (AvgIpc) is 3.39. The molecule has 4 nitrogen and oxygen atoms in total. The number of thiocarbonyl (C=S) groups is 1. The molecule has 32 heavy (non-hydrogen) atoms. The van der Waals surface area contributed by atoms with Crippen molar-refractivity contribution in [1.29, 1.82) is 0 Å². The van der Waals surface area contributed by atoms with Crippen LogP contribution in [0, 0.1) is 6.92 Å². The predicted octanol–water partition coefficient (Wildman–Crippen LogP) is 7.18. The summed E-state index contributed by atoms with van der Waals surface area (Å²) in [4.78, 5) is 7.98. The van der Waals surface area contributed by atoms with Crippen LogP contribution in [0.15, 0.2) is 88.8 Å². The molecule has 2 aromatic carbocycles. The van der Waals surface area contributed by atoms with Crippen LogP contribution >= 0.6 is 39.5 Å². The maximum Gasteiger partial charge on any atom is 0.174 e. The molecular weight excluding hydrogens is 502 g/mol. The van der Waals surface area contributed by atoms with Crippen molar-refractivity contribution in [3.8, 4) is 11.5 Å². The smallest absolute Gasteiger partial charge is 0.174 e. The van der Waals surface area contributed by atoms with Crippen molar-refractivity contribution in [2.45, 2.75) is 19.0 Å². The topological polar surface area (TPSA) is 37.4 Å². The maximum absolute atomic E-state index is 6.08. The van der Waals surface area contributed by atoms with Crippen molar-refractivity contribution in [1.82, 2.24) is 10.3 Å². The zero-order valence-electron chi connectivity index (χ0n) is 17.2. The van der Waals surface area contributed by atoms with Crippen molar-refractivity contribution in [3.63, 3.8) is 0 Å². The van der Waals surface area contributed by atoms with E-state index in [9.17, 15) is 0 Å². The van der Waals surface area contributed by atoms with Crippen LogP contribution < -0.4 is 15.0 Å². The molecule has 2 unspecified atom stereocenters. The van der Waals surface area contributed by atoms with Crippen LogP contribution in [-0.4, -0.2) is 10.1 Å². The molecule has 1 aliphatic rings. The van der Waals surface area contributed by atoms with E-state index >= 15 is 0 Å². The SMILES string of the molecule is Cc1ccccc1Oc1ccc(N2C(=S)NC(c3ccccn3)C2c2cc(Br)cs2)cc1. The Hall–Kier alpha value is -2.74. The summed E-state index contributed by atoms with van der Waals surface area (Å²) in [5.41, 5.74) is 3.07. The lowest BCUT2D eigenvalue weighted by molar-refractivity contribution is 0.479. The third kappa shape index (κ3) is 4.16. The average molecular weight is 522 g/mol. The van der Waals surface area contributed by atoms with Crippen molar-refractivity contribution in [3.05, 3.63) is 105 Å². The van der Waals surface area contributed by atoms with Crippen molar-refractivity contribution < 1.29 is 4.74 Å². The number of benzene rings is 2. The van der Waals surface area contributed by atoms with E-state index in [-0.39, 0.29) is 12.1 Å². The molecule has 5 rings (SSSR count). The number of hydrogen-bond acceptors (Lipinski definition) is 4. The highest BCUT2D eigenvalue weighted by Crippen LogP contribution is 2.44. The van der Waals surface area contributed by atoms with Gasteiger partial charge in [0.1, 0.15) is 11.5 Å². The summed E-state index contributed by atoms with van der Waals surface area (Å²) >= 11 is 11.1. The number of para-hydroxylation sites is 1. The minimum atomic E-state index is -0.0443. The standard InChI is InChI=1S/C25H20BrN3OS2/c1-16-6-2-3-8-21(16)30-19-11-9-18(10-12-19)29-24(22-14-17(26)15-32-22)23(28-25(29)31)20-7-4-5-13-27-20/h2-15,23-24H,1H3,(H,28,31). The zero-order valence-corrected chi connectivity index (χ0v) is 20.5. The van der Waals surface area contributed by atoms with Gasteiger partial charge in [-0.15, -0.1) is 11.3 Å². The van der Waals surface area contributed by atoms with Gasteiger partial charge >= 0.3 is 0 Å². The van der Waals surface area contributed by atoms with E-state index in [1.165, 1.54) is 4.88 Å². The minimum absolute atomic E-state index is 0.00293. The monoisotopic (exact) mass is 521 g/mol. The van der Waals surface area contributed by atoms with E-state index in [2.05, 4.69) is 54.7 Å². The van der Waals surface area contributed by atoms with Crippen LogP contribution in [0.25, 0.3) is 0 Å². The molecule has 2 atom stereocenters. The van der Waals surface area contributed by atoms with E-state index in [4.69, 9.17) is 17.0 Å². The third-order valence-electron chi connectivity index (χ3n) is 5.41. The van der Waals surface area contributed by atoms with Gasteiger partial charge in [-0.1, -0.05) is 24.3 Å². The molecule has 7 heteroatoms. The molecule has 3 heterocycles. The summed E-state index contributed by atoms with van der Waals surface area (Å²) in [6.07, 6.45) is 1.82. The quantitative estimate of drug-likeness (QED) is 0.281. The summed E-state index contributed by atoms with van der Waals surface area (Å²) in [5, 5.41) is 6.28. The van der Waals surface area contributed by atoms with Crippen LogP contribution in [0.5, 0.6) is 11.5 Å². The van der Waals surface area contributed by atoms with Gasteiger partial charge in [0.15, 0.2) is 5.11 Å². The zero-order chi connectivity index (χ0) is 22.1. The van der Waals surface area contributed by atoms with Gasteiger partial charge < -0.3 is 15.0 Å². The number of aromatic nitrogens is 1. The number of anilines is 1. The molecule has 1 fully saturated rings. The third-order valence-corrected chi connectivity index (χ3v) is 7.49. The Kier molecular flexibility index (Phi) is 5.95. The highest BCUT2D eigenvalue weighted by atomic mass is 79.9. The minimum Gasteiger partial charge on any atom is -0.457 e. The molecule has 0 radical (unpaired) electrons. The Balaban J connectivity index is 1.48. The van der Waals surface area contributed by atoms with Gasteiger partial charge in [-0.25, -0.2) is 0 Å². The van der Waals surface area contributed by atoms with E-state index < -0.39 is 0 Å². The van der Waals surface area contributed by atoms with Gasteiger partial charge in [0.05, 0.1) is 17.8 Å². The first kappa shape index (κ1) is 21.1. The number of hydrogen-bond donors (Lipinski definition) is 1. The molecule has 4 aromatic rings. The fourth-order valence-corrected chi connectivity index (χ4v) is 5.80. The second-order valence-corrected chi connectivity index (χ2v) is 9.77. The lowest BCUT2D eigenvalue weighted by atomic mass is 10.0. The molecule has 1 saturated heterocycles. The van der Waals surface area contributed by atoms with Crippen molar-refractivity contribution in [2.75, 3.05) is 4.90 Å². The Morgan fingerprint density at radius 3 is 2.53 bits per heavy atom. The van der Waals surface area contributed by atoms with Gasteiger partial charge in [-0.3, -0.25) is 4.98 Å². The predicted molar refractivity (Wildman–Crippen MR) is 138 cm³/mol. The van der Waals surface area contributed by atoms with Crippen molar-refractivity contribution >= 4 is 50.3 Å². The van der Waals surface area contributed by atoms with Crippen LogP contribution in [0.1, 0.15) is 28.2 Å². The summed E-state index contributed by atoms with van der Waals surface area (Å²) in [6, 6.07) is 24.2. The normalized spacial score (nSPS) is 17.9. The Bertz CT molecular complexity index is 1240. The summed E-state index contributed by atoms with van der Waals surface area (Å²) in [7, 11) is 0. The first-order valence-electron chi connectivity index (χ1n) is 10.2. The van der Waals surface area contributed by atoms with Crippen LogP contribution in [-0.2, 0) is 0 Å². The highest BCUT2D eigenvalue weighted by molar-refractivity contribution is 9.10. The fourth-order valence-electron chi connectivity index (χ4n) is 3.88. The lowest BCUT2D eigenvalue weighted by Gasteiger charge is -2.27. The van der Waals surface area contributed by atoms with E-state index in [1.54, 1.807) is 11.3 Å². The summed E-state index contributed by atoms with van der Waals surface area (Å²) in [6.45, 7) is 2.04. The number of pyridine rings is 1. The molecule has 0 aliphatic carbocycles. The molecule has 160 valence electrons. The number of ether oxygens (including phenoxy) is 1. The first-order chi connectivity index (χ1) is 15.6. The van der Waals surface area contributed by atoms with E-state index in [0.29, 0.717) is 5.11 Å². The van der Waals surface area contributed by atoms with Crippen LogP contribution in [0.3, 0.4) is 0 Å². The van der Waals surface area contributed by atoms with Crippen LogP contribution in [0.2, 0.25) is 0 Å². The van der Waals surface area contributed by atoms with Gasteiger partial charge in [-0.2, -0.15) is 0 Å². The van der Waals surface area contributed by atoms with Crippen LogP contribution in [0.4, 0.5) is 5.69 Å². The second kappa shape index (κ2) is 9.02. The van der Waals surface area contributed by atoms with Gasteiger partial charge in [0.25, 0.3) is 0 Å². The number of thiophene rings is 1. The number of nitrogens with zero attached hydrogens (tertiary/aromatic N) is 2. The molecule has 0 saturated carbocycles. The molecule has 1 aliphatic heterocycles. The largest absolute Gasteiger partial charge is 0.457 e. The number of aryl methyl sites for hydroxylation is 1. The van der Waals surface area contributed by atoms with E-state index in [0.717, 1.165) is 32.9 Å². The Morgan fingerprint density at radius 1 is 1.06 bits per heavy atom.